The van der Waals surface area contributed by atoms with Gasteiger partial charge < -0.3 is 19.7 Å². The Hall–Kier alpha value is -3.46. The maximum Gasteiger partial charge on any atom is 0.308 e. The Balaban J connectivity index is 1.57. The van der Waals surface area contributed by atoms with Crippen LogP contribution in [0.25, 0.3) is 0 Å². The monoisotopic (exact) mass is 483 g/mol. The van der Waals surface area contributed by atoms with E-state index in [1.807, 2.05) is 30.3 Å². The molecule has 2 amide bonds. The van der Waals surface area contributed by atoms with E-state index in [0.29, 0.717) is 36.9 Å². The molecule has 34 heavy (non-hydrogen) atoms. The van der Waals surface area contributed by atoms with Gasteiger partial charge in [-0.1, -0.05) is 44.2 Å². The van der Waals surface area contributed by atoms with Crippen molar-refractivity contribution in [3.63, 3.8) is 0 Å². The van der Waals surface area contributed by atoms with Gasteiger partial charge in [-0.25, -0.2) is 0 Å². The molecule has 0 aliphatic carbocycles. The summed E-state index contributed by atoms with van der Waals surface area (Å²) in [6.07, 6.45) is -0.184. The molecule has 1 unspecified atom stereocenters. The smallest absolute Gasteiger partial charge is 0.308 e. The van der Waals surface area contributed by atoms with Gasteiger partial charge in [0.1, 0.15) is 18.4 Å². The Bertz CT molecular complexity index is 1010. The minimum Gasteiger partial charge on any atom is -0.493 e. The predicted molar refractivity (Wildman–Crippen MR) is 131 cm³/mol. The van der Waals surface area contributed by atoms with Crippen molar-refractivity contribution in [1.82, 2.24) is 15.5 Å². The number of hydrogen-bond donors (Lipinski definition) is 2. The van der Waals surface area contributed by atoms with Gasteiger partial charge in [0.05, 0.1) is 13.0 Å². The van der Waals surface area contributed by atoms with Crippen molar-refractivity contribution in [3.05, 3.63) is 65.7 Å². The third kappa shape index (κ3) is 7.28. The highest BCUT2D eigenvalue weighted by molar-refractivity contribution is 7.80. The van der Waals surface area contributed by atoms with E-state index in [-0.39, 0.29) is 24.0 Å². The Morgan fingerprint density at radius 2 is 1.85 bits per heavy atom. The second-order valence-corrected chi connectivity index (χ2v) is 8.73. The molecule has 1 fully saturated rings. The van der Waals surface area contributed by atoms with Crippen LogP contribution in [0, 0.1) is 5.92 Å². The van der Waals surface area contributed by atoms with Gasteiger partial charge in [0, 0.05) is 18.7 Å². The molecule has 8 nitrogen and oxygen atoms in total. The van der Waals surface area contributed by atoms with Crippen molar-refractivity contribution in [2.75, 3.05) is 19.7 Å². The number of hydrogen-bond acceptors (Lipinski definition) is 6. The van der Waals surface area contributed by atoms with Gasteiger partial charge in [-0.3, -0.25) is 19.7 Å². The van der Waals surface area contributed by atoms with Crippen LogP contribution in [0.15, 0.2) is 54.6 Å². The van der Waals surface area contributed by atoms with Crippen LogP contribution in [-0.4, -0.2) is 53.5 Å². The molecule has 1 saturated heterocycles. The van der Waals surface area contributed by atoms with E-state index in [4.69, 9.17) is 21.7 Å². The molecule has 2 aromatic carbocycles. The molecule has 1 aliphatic rings. The molecule has 1 atom stereocenters. The average molecular weight is 484 g/mol. The highest BCUT2D eigenvalue weighted by Gasteiger charge is 2.34. The minimum absolute atomic E-state index is 0.0841. The molecule has 0 aromatic heterocycles. The summed E-state index contributed by atoms with van der Waals surface area (Å²) < 4.78 is 11.0. The van der Waals surface area contributed by atoms with Crippen LogP contribution in [0.2, 0.25) is 0 Å². The van der Waals surface area contributed by atoms with E-state index in [2.05, 4.69) is 24.5 Å². The molecule has 2 aromatic rings. The first-order valence-electron chi connectivity index (χ1n) is 11.2. The highest BCUT2D eigenvalue weighted by Crippen LogP contribution is 2.15. The maximum absolute atomic E-state index is 12.7. The van der Waals surface area contributed by atoms with Gasteiger partial charge in [-0.2, -0.15) is 0 Å². The molecule has 180 valence electrons. The lowest BCUT2D eigenvalue weighted by Gasteiger charge is -2.36. The summed E-state index contributed by atoms with van der Waals surface area (Å²) in [5.74, 6) is -0.203. The number of piperazine rings is 1. The van der Waals surface area contributed by atoms with Crippen LogP contribution < -0.4 is 15.4 Å². The van der Waals surface area contributed by atoms with E-state index in [9.17, 15) is 14.4 Å². The summed E-state index contributed by atoms with van der Waals surface area (Å²) in [5.41, 5.74) is 1.25. The van der Waals surface area contributed by atoms with Gasteiger partial charge >= 0.3 is 5.97 Å². The van der Waals surface area contributed by atoms with E-state index >= 15 is 0 Å². The Morgan fingerprint density at radius 3 is 2.53 bits per heavy atom. The second kappa shape index (κ2) is 12.1. The predicted octanol–water partition coefficient (Wildman–Crippen LogP) is 2.67. The van der Waals surface area contributed by atoms with E-state index in [1.165, 1.54) is 0 Å². The molecule has 0 spiro atoms. The number of rotatable bonds is 8. The third-order valence-corrected chi connectivity index (χ3v) is 5.45. The molecular formula is C25H29N3O5S. The summed E-state index contributed by atoms with van der Waals surface area (Å²) >= 11 is 5.41. The SMILES string of the molecule is CC(C)COc1ccc(C(=O)NC(=S)N2CCNC(=O)C2CC(=O)OCc2ccccc2)cc1. The maximum atomic E-state index is 12.7. The van der Waals surface area contributed by atoms with Crippen LogP contribution >= 0.6 is 12.2 Å². The van der Waals surface area contributed by atoms with Crippen LogP contribution in [0.3, 0.4) is 0 Å². The zero-order chi connectivity index (χ0) is 24.5. The highest BCUT2D eigenvalue weighted by atomic mass is 32.1. The Labute approximate surface area is 204 Å². The fraction of sp³-hybridized carbons (Fsp3) is 0.360. The first-order chi connectivity index (χ1) is 16.3. The number of ether oxygens (including phenoxy) is 2. The second-order valence-electron chi connectivity index (χ2n) is 8.34. The first-order valence-corrected chi connectivity index (χ1v) is 11.6. The average Bonchev–Trinajstić information content (AvgIpc) is 2.83. The van der Waals surface area contributed by atoms with Crippen LogP contribution in [-0.2, 0) is 20.9 Å². The number of nitrogens with zero attached hydrogens (tertiary/aromatic N) is 1. The molecular weight excluding hydrogens is 454 g/mol. The van der Waals surface area contributed by atoms with Gasteiger partial charge in [-0.15, -0.1) is 0 Å². The number of nitrogens with one attached hydrogen (secondary N) is 2. The lowest BCUT2D eigenvalue weighted by Crippen LogP contribution is -2.60. The summed E-state index contributed by atoms with van der Waals surface area (Å²) in [6, 6.07) is 15.2. The molecule has 1 heterocycles. The summed E-state index contributed by atoms with van der Waals surface area (Å²) in [5, 5.41) is 5.48. The number of thiocarbonyl (C=S) groups is 1. The lowest BCUT2D eigenvalue weighted by atomic mass is 10.1. The Kier molecular flexibility index (Phi) is 8.98. The molecule has 2 N–H and O–H groups in total. The van der Waals surface area contributed by atoms with E-state index in [1.54, 1.807) is 29.2 Å². The molecule has 1 aliphatic heterocycles. The summed E-state index contributed by atoms with van der Waals surface area (Å²) in [7, 11) is 0. The van der Waals surface area contributed by atoms with Gasteiger partial charge in [0.15, 0.2) is 5.11 Å². The molecule has 3 rings (SSSR count). The normalized spacial score (nSPS) is 15.4. The van der Waals surface area contributed by atoms with Crippen molar-refractivity contribution in [2.24, 2.45) is 5.92 Å². The zero-order valence-corrected chi connectivity index (χ0v) is 20.1. The first kappa shape index (κ1) is 25.2. The van der Waals surface area contributed by atoms with E-state index in [0.717, 1.165) is 5.56 Å². The van der Waals surface area contributed by atoms with Gasteiger partial charge in [0.25, 0.3) is 5.91 Å². The van der Waals surface area contributed by atoms with Gasteiger partial charge in [0.2, 0.25) is 5.91 Å². The fourth-order valence-electron chi connectivity index (χ4n) is 3.32. The number of benzene rings is 2. The standard InChI is InChI=1S/C25H29N3O5S/c1-17(2)15-32-20-10-8-19(9-11-20)23(30)27-25(34)28-13-12-26-24(31)21(28)14-22(29)33-16-18-6-4-3-5-7-18/h3-11,17,21H,12-16H2,1-2H3,(H,26,31)(H,27,30,34). The van der Waals surface area contributed by atoms with Crippen LogP contribution in [0.4, 0.5) is 0 Å². The molecule has 0 bridgehead atoms. The van der Waals surface area contributed by atoms with Crippen LogP contribution in [0.1, 0.15) is 36.2 Å². The molecule has 0 saturated carbocycles. The lowest BCUT2D eigenvalue weighted by molar-refractivity contribution is -0.148. The van der Waals surface area contributed by atoms with Crippen molar-refractivity contribution in [3.8, 4) is 5.75 Å². The minimum atomic E-state index is -0.864. The number of amides is 2. The van der Waals surface area contributed by atoms with Crippen molar-refractivity contribution in [2.45, 2.75) is 32.9 Å². The number of esters is 1. The molecule has 0 radical (unpaired) electrons. The quantitative estimate of drug-likeness (QED) is 0.440. The zero-order valence-electron chi connectivity index (χ0n) is 19.3. The molecule has 9 heteroatoms. The van der Waals surface area contributed by atoms with Gasteiger partial charge in [-0.05, 0) is 48.0 Å². The fourth-order valence-corrected chi connectivity index (χ4v) is 3.63. The van der Waals surface area contributed by atoms with Crippen molar-refractivity contribution < 1.29 is 23.9 Å². The number of carbonyl (C=O) groups excluding carboxylic acids is 3. The topological polar surface area (TPSA) is 97.0 Å². The van der Waals surface area contributed by atoms with E-state index < -0.39 is 17.9 Å². The summed E-state index contributed by atoms with van der Waals surface area (Å²) in [4.78, 5) is 39.1. The summed E-state index contributed by atoms with van der Waals surface area (Å²) in [6.45, 7) is 5.53. The van der Waals surface area contributed by atoms with Crippen molar-refractivity contribution in [1.29, 1.82) is 0 Å². The number of carbonyl (C=O) groups is 3. The van der Waals surface area contributed by atoms with Crippen LogP contribution in [0.5, 0.6) is 5.75 Å². The largest absolute Gasteiger partial charge is 0.493 e. The third-order valence-electron chi connectivity index (χ3n) is 5.11. The van der Waals surface area contributed by atoms with Crippen molar-refractivity contribution >= 4 is 35.1 Å². The Morgan fingerprint density at radius 1 is 1.15 bits per heavy atom.